The molecule has 0 spiro atoms. The zero-order chi connectivity index (χ0) is 20.4. The maximum atomic E-state index is 12.7. The summed E-state index contributed by atoms with van der Waals surface area (Å²) in [6, 6.07) is 15.6. The van der Waals surface area contributed by atoms with Gasteiger partial charge < -0.3 is 19.9 Å². The number of pyridine rings is 1. The molecule has 0 unspecified atom stereocenters. The van der Waals surface area contributed by atoms with Crippen molar-refractivity contribution in [3.63, 3.8) is 0 Å². The highest BCUT2D eigenvalue weighted by Gasteiger charge is 2.15. The molecule has 3 aromatic rings. The molecule has 1 amide bonds. The van der Waals surface area contributed by atoms with E-state index in [0.29, 0.717) is 5.56 Å². The van der Waals surface area contributed by atoms with Crippen LogP contribution >= 0.6 is 0 Å². The van der Waals surface area contributed by atoms with Crippen molar-refractivity contribution in [2.45, 2.75) is 6.92 Å². The second-order valence-electron chi connectivity index (χ2n) is 7.53. The molecule has 1 fully saturated rings. The van der Waals surface area contributed by atoms with E-state index >= 15 is 0 Å². The van der Waals surface area contributed by atoms with Crippen LogP contribution in [0.2, 0.25) is 0 Å². The number of aromatic nitrogens is 1. The number of benzene rings is 2. The lowest BCUT2D eigenvalue weighted by Crippen LogP contribution is -2.36. The van der Waals surface area contributed by atoms with Gasteiger partial charge in [-0.05, 0) is 55.0 Å². The number of fused-ring (bicyclic) bond motifs is 1. The highest BCUT2D eigenvalue weighted by molar-refractivity contribution is 6.05. The molecule has 1 aliphatic rings. The maximum absolute atomic E-state index is 12.7. The van der Waals surface area contributed by atoms with E-state index in [4.69, 9.17) is 9.72 Å². The summed E-state index contributed by atoms with van der Waals surface area (Å²) in [5.41, 5.74) is 4.46. The van der Waals surface area contributed by atoms with Gasteiger partial charge in [0.15, 0.2) is 0 Å². The van der Waals surface area contributed by atoms with Gasteiger partial charge in [0.2, 0.25) is 0 Å². The van der Waals surface area contributed by atoms with Crippen LogP contribution in [0.3, 0.4) is 0 Å². The third-order valence-corrected chi connectivity index (χ3v) is 5.22. The van der Waals surface area contributed by atoms with Gasteiger partial charge in [0, 0.05) is 49.5 Å². The van der Waals surface area contributed by atoms with Gasteiger partial charge in [-0.2, -0.15) is 0 Å². The molecule has 4 rings (SSSR count). The molecule has 1 saturated heterocycles. The van der Waals surface area contributed by atoms with Gasteiger partial charge in [-0.15, -0.1) is 0 Å². The number of nitrogens with one attached hydrogen (secondary N) is 1. The summed E-state index contributed by atoms with van der Waals surface area (Å²) in [4.78, 5) is 21.8. The Hall–Kier alpha value is -3.12. The number of rotatable bonds is 4. The number of amides is 1. The summed E-state index contributed by atoms with van der Waals surface area (Å²) in [7, 11) is 3.92. The average Bonchev–Trinajstić information content (AvgIpc) is 2.74. The Balaban J connectivity index is 1.58. The highest BCUT2D eigenvalue weighted by Crippen LogP contribution is 2.26. The summed E-state index contributed by atoms with van der Waals surface area (Å²) < 4.78 is 5.44. The van der Waals surface area contributed by atoms with Gasteiger partial charge in [-0.3, -0.25) is 4.79 Å². The number of aryl methyl sites for hydroxylation is 1. The lowest BCUT2D eigenvalue weighted by molar-refractivity contribution is 0.102. The summed E-state index contributed by atoms with van der Waals surface area (Å²) in [6.07, 6.45) is 0. The molecule has 0 aliphatic carbocycles. The third-order valence-electron chi connectivity index (χ3n) is 5.22. The van der Waals surface area contributed by atoms with E-state index in [-0.39, 0.29) is 5.91 Å². The highest BCUT2D eigenvalue weighted by atomic mass is 16.5. The average molecular weight is 390 g/mol. The first-order chi connectivity index (χ1) is 14.0. The van der Waals surface area contributed by atoms with Crippen LogP contribution in [0.4, 0.5) is 17.2 Å². The number of carbonyl (C=O) groups excluding carboxylic acids is 1. The minimum Gasteiger partial charge on any atom is -0.378 e. The molecule has 6 nitrogen and oxygen atoms in total. The maximum Gasteiger partial charge on any atom is 0.255 e. The van der Waals surface area contributed by atoms with Crippen molar-refractivity contribution in [1.29, 1.82) is 0 Å². The van der Waals surface area contributed by atoms with E-state index < -0.39 is 0 Å². The first-order valence-corrected chi connectivity index (χ1v) is 9.84. The van der Waals surface area contributed by atoms with Gasteiger partial charge >= 0.3 is 0 Å². The normalized spacial score (nSPS) is 14.1. The summed E-state index contributed by atoms with van der Waals surface area (Å²) in [5.74, 6) is 0.860. The van der Waals surface area contributed by atoms with E-state index in [1.165, 1.54) is 0 Å². The number of carbonyl (C=O) groups is 1. The van der Waals surface area contributed by atoms with Crippen molar-refractivity contribution in [3.05, 3.63) is 59.7 Å². The SMILES string of the molecule is Cc1cc(N2CCOCC2)nc2ccc(NC(=O)c3cccc(N(C)C)c3)cc12. The molecular weight excluding hydrogens is 364 g/mol. The van der Waals surface area contributed by atoms with Crippen LogP contribution in [0.25, 0.3) is 10.9 Å². The number of hydrogen-bond acceptors (Lipinski definition) is 5. The molecule has 1 N–H and O–H groups in total. The monoisotopic (exact) mass is 390 g/mol. The minimum absolute atomic E-state index is 0.122. The van der Waals surface area contributed by atoms with Gasteiger partial charge in [0.1, 0.15) is 5.82 Å². The summed E-state index contributed by atoms with van der Waals surface area (Å²) >= 11 is 0. The third kappa shape index (κ3) is 4.17. The van der Waals surface area contributed by atoms with Crippen LogP contribution < -0.4 is 15.1 Å². The first kappa shape index (κ1) is 19.2. The number of anilines is 3. The topological polar surface area (TPSA) is 57.7 Å². The van der Waals surface area contributed by atoms with Gasteiger partial charge in [-0.1, -0.05) is 6.07 Å². The van der Waals surface area contributed by atoms with Crippen LogP contribution in [0.5, 0.6) is 0 Å². The van der Waals surface area contributed by atoms with Crippen LogP contribution in [-0.4, -0.2) is 51.3 Å². The van der Waals surface area contributed by atoms with Gasteiger partial charge in [-0.25, -0.2) is 4.98 Å². The smallest absolute Gasteiger partial charge is 0.255 e. The Morgan fingerprint density at radius 2 is 1.90 bits per heavy atom. The Morgan fingerprint density at radius 1 is 1.10 bits per heavy atom. The van der Waals surface area contributed by atoms with Crippen molar-refractivity contribution in [2.75, 3.05) is 55.5 Å². The molecule has 150 valence electrons. The van der Waals surface area contributed by atoms with Crippen molar-refractivity contribution in [3.8, 4) is 0 Å². The Bertz CT molecular complexity index is 1040. The molecule has 29 heavy (non-hydrogen) atoms. The lowest BCUT2D eigenvalue weighted by Gasteiger charge is -2.28. The van der Waals surface area contributed by atoms with E-state index in [1.807, 2.05) is 61.5 Å². The van der Waals surface area contributed by atoms with E-state index in [9.17, 15) is 4.79 Å². The lowest BCUT2D eigenvalue weighted by atomic mass is 10.1. The molecule has 1 aliphatic heterocycles. The summed E-state index contributed by atoms with van der Waals surface area (Å²) in [5, 5.41) is 4.05. The Kier molecular flexibility index (Phi) is 5.36. The van der Waals surface area contributed by atoms with Gasteiger partial charge in [0.05, 0.1) is 18.7 Å². The molecule has 2 heterocycles. The van der Waals surface area contributed by atoms with E-state index in [2.05, 4.69) is 23.2 Å². The fraction of sp³-hybridized carbons (Fsp3) is 0.304. The van der Waals surface area contributed by atoms with E-state index in [1.54, 1.807) is 0 Å². The van der Waals surface area contributed by atoms with Crippen LogP contribution in [-0.2, 0) is 4.74 Å². The second kappa shape index (κ2) is 8.09. The minimum atomic E-state index is -0.122. The Morgan fingerprint density at radius 3 is 2.66 bits per heavy atom. The summed E-state index contributed by atoms with van der Waals surface area (Å²) in [6.45, 7) is 5.27. The zero-order valence-corrected chi connectivity index (χ0v) is 17.1. The molecule has 6 heteroatoms. The van der Waals surface area contributed by atoms with Crippen molar-refractivity contribution in [2.24, 2.45) is 0 Å². The zero-order valence-electron chi connectivity index (χ0n) is 17.1. The molecule has 0 atom stereocenters. The molecule has 0 saturated carbocycles. The van der Waals surface area contributed by atoms with Crippen LogP contribution in [0, 0.1) is 6.92 Å². The number of ether oxygens (including phenoxy) is 1. The predicted octanol–water partition coefficient (Wildman–Crippen LogP) is 3.70. The number of hydrogen-bond donors (Lipinski definition) is 1. The van der Waals surface area contributed by atoms with Crippen molar-refractivity contribution < 1.29 is 9.53 Å². The molecule has 2 aromatic carbocycles. The first-order valence-electron chi connectivity index (χ1n) is 9.84. The molecule has 1 aromatic heterocycles. The predicted molar refractivity (Wildman–Crippen MR) is 118 cm³/mol. The number of morpholine rings is 1. The van der Waals surface area contributed by atoms with Crippen molar-refractivity contribution >= 4 is 34.0 Å². The second-order valence-corrected chi connectivity index (χ2v) is 7.53. The molecule has 0 radical (unpaired) electrons. The quantitative estimate of drug-likeness (QED) is 0.736. The standard InChI is InChI=1S/C23H26N4O2/c1-16-13-22(27-9-11-29-12-10-27)25-21-8-7-18(15-20(16)21)24-23(28)17-5-4-6-19(14-17)26(2)3/h4-8,13-15H,9-12H2,1-3H3,(H,24,28). The fourth-order valence-electron chi connectivity index (χ4n) is 3.54. The van der Waals surface area contributed by atoms with Gasteiger partial charge in [0.25, 0.3) is 5.91 Å². The number of nitrogens with zero attached hydrogens (tertiary/aromatic N) is 3. The molecule has 0 bridgehead atoms. The Labute approximate surface area is 171 Å². The fourth-order valence-corrected chi connectivity index (χ4v) is 3.54. The van der Waals surface area contributed by atoms with Crippen LogP contribution in [0.1, 0.15) is 15.9 Å². The van der Waals surface area contributed by atoms with E-state index in [0.717, 1.165) is 60.0 Å². The van der Waals surface area contributed by atoms with Crippen molar-refractivity contribution in [1.82, 2.24) is 4.98 Å². The van der Waals surface area contributed by atoms with Crippen LogP contribution in [0.15, 0.2) is 48.5 Å². The largest absolute Gasteiger partial charge is 0.378 e. The molecular formula is C23H26N4O2.